The number of hydrogen-bond acceptors (Lipinski definition) is 2. The highest BCUT2D eigenvalue weighted by Crippen LogP contribution is 2.33. The van der Waals surface area contributed by atoms with Crippen LogP contribution in [-0.2, 0) is 4.74 Å². The summed E-state index contributed by atoms with van der Waals surface area (Å²) in [5.74, 6) is 0. The number of aliphatic hydroxyl groups excluding tert-OH is 1. The molecule has 0 saturated carbocycles. The van der Waals surface area contributed by atoms with Crippen molar-refractivity contribution >= 4 is 0 Å². The second-order valence-electron chi connectivity index (χ2n) is 3.07. The van der Waals surface area contributed by atoms with Crippen LogP contribution in [0.5, 0.6) is 0 Å². The van der Waals surface area contributed by atoms with Gasteiger partial charge in [-0.15, -0.1) is 0 Å². The summed E-state index contributed by atoms with van der Waals surface area (Å²) in [6.07, 6.45) is -0.375. The molecule has 3 heteroatoms. The van der Waals surface area contributed by atoms with Crippen LogP contribution in [0.25, 0.3) is 0 Å². The van der Waals surface area contributed by atoms with Crippen LogP contribution < -0.4 is 0 Å². The summed E-state index contributed by atoms with van der Waals surface area (Å²) in [5.41, 5.74) is -1.26. The van der Waals surface area contributed by atoms with E-state index in [-0.39, 0.29) is 18.8 Å². The third-order valence-corrected chi connectivity index (χ3v) is 2.07. The Morgan fingerprint density at radius 1 is 1.80 bits per heavy atom. The minimum atomic E-state index is -1.26. The maximum absolute atomic E-state index is 13.2. The maximum Gasteiger partial charge on any atom is 0.136 e. The zero-order valence-corrected chi connectivity index (χ0v) is 6.30. The normalized spacial score (nSPS) is 48.0. The number of aliphatic hydroxyl groups is 1. The van der Waals surface area contributed by atoms with Crippen molar-refractivity contribution in [1.29, 1.82) is 0 Å². The third kappa shape index (κ3) is 1.30. The van der Waals surface area contributed by atoms with Crippen LogP contribution in [0.3, 0.4) is 0 Å². The van der Waals surface area contributed by atoms with Crippen LogP contribution in [-0.4, -0.2) is 29.6 Å². The number of alkyl halides is 1. The summed E-state index contributed by atoms with van der Waals surface area (Å²) in [6.45, 7) is 3.12. The van der Waals surface area contributed by atoms with E-state index in [1.807, 2.05) is 0 Å². The van der Waals surface area contributed by atoms with E-state index in [4.69, 9.17) is 9.84 Å². The van der Waals surface area contributed by atoms with Gasteiger partial charge in [0.05, 0.1) is 18.8 Å². The number of hydrogen-bond donors (Lipinski definition) is 1. The number of rotatable bonds is 1. The number of halogens is 1. The first kappa shape index (κ1) is 7.95. The van der Waals surface area contributed by atoms with E-state index in [2.05, 4.69) is 0 Å². The molecular weight excluding hydrogens is 135 g/mol. The molecule has 2 nitrogen and oxygen atoms in total. The predicted octanol–water partition coefficient (Wildman–Crippen LogP) is 0.884. The second-order valence-corrected chi connectivity index (χ2v) is 3.07. The lowest BCUT2D eigenvalue weighted by Crippen LogP contribution is -2.26. The second kappa shape index (κ2) is 2.47. The van der Waals surface area contributed by atoms with Gasteiger partial charge in [0.25, 0.3) is 0 Å². The van der Waals surface area contributed by atoms with Gasteiger partial charge in [0.15, 0.2) is 0 Å². The minimum Gasteiger partial charge on any atom is -0.394 e. The Morgan fingerprint density at radius 3 is 2.60 bits per heavy atom. The van der Waals surface area contributed by atoms with E-state index < -0.39 is 5.67 Å². The quantitative estimate of drug-likeness (QED) is 0.598. The average molecular weight is 148 g/mol. The largest absolute Gasteiger partial charge is 0.394 e. The average Bonchev–Trinajstić information content (AvgIpc) is 2.08. The molecule has 0 spiro atoms. The Labute approximate surface area is 60.0 Å². The van der Waals surface area contributed by atoms with Crippen molar-refractivity contribution in [3.8, 4) is 0 Å². The molecule has 3 atom stereocenters. The molecule has 1 aliphatic rings. The van der Waals surface area contributed by atoms with Crippen molar-refractivity contribution in [3.63, 3.8) is 0 Å². The van der Waals surface area contributed by atoms with Crippen molar-refractivity contribution in [2.75, 3.05) is 6.61 Å². The number of ether oxygens (including phenoxy) is 1. The van der Waals surface area contributed by atoms with Crippen LogP contribution in [0, 0.1) is 0 Å². The predicted molar refractivity (Wildman–Crippen MR) is 35.6 cm³/mol. The molecule has 1 fully saturated rings. The summed E-state index contributed by atoms with van der Waals surface area (Å²) < 4.78 is 18.3. The lowest BCUT2D eigenvalue weighted by molar-refractivity contribution is -0.00422. The Bertz CT molecular complexity index is 125. The Hall–Kier alpha value is -0.150. The Morgan fingerprint density at radius 2 is 2.40 bits per heavy atom. The van der Waals surface area contributed by atoms with Crippen molar-refractivity contribution in [2.24, 2.45) is 0 Å². The lowest BCUT2D eigenvalue weighted by atomic mass is 10.00. The summed E-state index contributed by atoms with van der Waals surface area (Å²) in [7, 11) is 0. The van der Waals surface area contributed by atoms with Crippen molar-refractivity contribution < 1.29 is 14.2 Å². The molecule has 0 aromatic carbocycles. The summed E-state index contributed by atoms with van der Waals surface area (Å²) in [6, 6.07) is 0. The van der Waals surface area contributed by atoms with Gasteiger partial charge in [0.2, 0.25) is 0 Å². The van der Waals surface area contributed by atoms with Crippen molar-refractivity contribution in [1.82, 2.24) is 0 Å². The molecule has 1 rings (SSSR count). The zero-order chi connectivity index (χ0) is 7.78. The van der Waals surface area contributed by atoms with Gasteiger partial charge in [-0.25, -0.2) is 4.39 Å². The fourth-order valence-corrected chi connectivity index (χ4v) is 1.20. The summed E-state index contributed by atoms with van der Waals surface area (Å²) in [4.78, 5) is 0. The Balaban J connectivity index is 2.53. The van der Waals surface area contributed by atoms with E-state index in [0.717, 1.165) is 0 Å². The molecule has 0 radical (unpaired) electrons. The topological polar surface area (TPSA) is 29.5 Å². The molecule has 1 aliphatic heterocycles. The van der Waals surface area contributed by atoms with E-state index in [9.17, 15) is 4.39 Å². The van der Waals surface area contributed by atoms with Gasteiger partial charge in [-0.05, 0) is 13.8 Å². The molecule has 60 valence electrons. The first-order chi connectivity index (χ1) is 4.56. The molecule has 0 amide bonds. The highest BCUT2D eigenvalue weighted by Gasteiger charge is 2.42. The van der Waals surface area contributed by atoms with Gasteiger partial charge < -0.3 is 9.84 Å². The van der Waals surface area contributed by atoms with Crippen molar-refractivity contribution in [2.45, 2.75) is 38.1 Å². The van der Waals surface area contributed by atoms with Gasteiger partial charge in [0.1, 0.15) is 5.67 Å². The van der Waals surface area contributed by atoms with Gasteiger partial charge >= 0.3 is 0 Å². The zero-order valence-electron chi connectivity index (χ0n) is 6.30. The molecule has 1 unspecified atom stereocenters. The van der Waals surface area contributed by atoms with Crippen LogP contribution in [0.1, 0.15) is 20.3 Å². The van der Waals surface area contributed by atoms with Crippen molar-refractivity contribution in [3.05, 3.63) is 0 Å². The molecular formula is C7H13FO2. The molecule has 0 aromatic rings. The maximum atomic E-state index is 13.2. The van der Waals surface area contributed by atoms with Gasteiger partial charge in [-0.3, -0.25) is 0 Å². The summed E-state index contributed by atoms with van der Waals surface area (Å²) >= 11 is 0. The highest BCUT2D eigenvalue weighted by molar-refractivity contribution is 4.90. The molecule has 10 heavy (non-hydrogen) atoms. The van der Waals surface area contributed by atoms with Crippen LogP contribution in [0.2, 0.25) is 0 Å². The first-order valence-electron chi connectivity index (χ1n) is 3.51. The fraction of sp³-hybridized carbons (Fsp3) is 1.00. The molecule has 0 bridgehead atoms. The summed E-state index contributed by atoms with van der Waals surface area (Å²) in [5, 5.41) is 8.62. The smallest absolute Gasteiger partial charge is 0.136 e. The molecule has 0 aromatic heterocycles. The van der Waals surface area contributed by atoms with E-state index >= 15 is 0 Å². The highest BCUT2D eigenvalue weighted by atomic mass is 19.1. The molecule has 0 aliphatic carbocycles. The minimum absolute atomic E-state index is 0.0795. The molecule has 1 N–H and O–H groups in total. The monoisotopic (exact) mass is 148 g/mol. The SMILES string of the molecule is C[C@@H]1O[C@H](CO)CC1(C)F. The van der Waals surface area contributed by atoms with Crippen LogP contribution in [0.4, 0.5) is 4.39 Å². The van der Waals surface area contributed by atoms with E-state index in [0.29, 0.717) is 6.42 Å². The lowest BCUT2D eigenvalue weighted by Gasteiger charge is -2.15. The first-order valence-corrected chi connectivity index (χ1v) is 3.51. The van der Waals surface area contributed by atoms with Crippen LogP contribution in [0.15, 0.2) is 0 Å². The molecule has 1 saturated heterocycles. The van der Waals surface area contributed by atoms with Crippen LogP contribution >= 0.6 is 0 Å². The molecule has 1 heterocycles. The van der Waals surface area contributed by atoms with Gasteiger partial charge in [-0.1, -0.05) is 0 Å². The Kier molecular flexibility index (Phi) is 1.97. The van der Waals surface area contributed by atoms with E-state index in [1.165, 1.54) is 6.92 Å². The standard InChI is InChI=1S/C7H13FO2/c1-5-7(2,8)3-6(4-9)10-5/h5-6,9H,3-4H2,1-2H3/t5-,6-,7?/m0/s1. The van der Waals surface area contributed by atoms with Gasteiger partial charge in [0, 0.05) is 6.42 Å². The fourth-order valence-electron chi connectivity index (χ4n) is 1.20. The van der Waals surface area contributed by atoms with E-state index in [1.54, 1.807) is 6.92 Å². The third-order valence-electron chi connectivity index (χ3n) is 2.07. The van der Waals surface area contributed by atoms with Gasteiger partial charge in [-0.2, -0.15) is 0 Å².